The van der Waals surface area contributed by atoms with Crippen LogP contribution in [0.25, 0.3) is 22.4 Å². The summed E-state index contributed by atoms with van der Waals surface area (Å²) in [5, 5.41) is 5.59. The molecule has 0 spiro atoms. The van der Waals surface area contributed by atoms with E-state index in [1.165, 1.54) is 19.2 Å². The number of nitrogens with two attached hydrogens (primary N) is 1. The number of nitrogens with one attached hydrogen (secondary N) is 2. The van der Waals surface area contributed by atoms with Crippen molar-refractivity contribution in [2.45, 2.75) is 26.6 Å². The maximum atomic E-state index is 13.2. The van der Waals surface area contributed by atoms with Gasteiger partial charge in [0.25, 0.3) is 5.91 Å². The number of carbonyl (C=O) groups excluding carboxylic acids is 2. The number of oxazole rings is 1. The number of amides is 2. The highest BCUT2D eigenvalue weighted by Gasteiger charge is 2.33. The number of ether oxygens (including phenoxy) is 1. The minimum atomic E-state index is -4.63. The second-order valence-electron chi connectivity index (χ2n) is 7.60. The van der Waals surface area contributed by atoms with E-state index < -0.39 is 17.8 Å². The molecule has 0 aliphatic carbocycles. The summed E-state index contributed by atoms with van der Waals surface area (Å²) < 4.78 is 50.3. The van der Waals surface area contributed by atoms with Gasteiger partial charge in [0.2, 0.25) is 11.8 Å². The van der Waals surface area contributed by atoms with E-state index in [1.807, 2.05) is 0 Å². The molecule has 0 atom stereocenters. The Balaban J connectivity index is 1.91. The molecule has 0 saturated carbocycles. The summed E-state index contributed by atoms with van der Waals surface area (Å²) >= 11 is 0. The van der Waals surface area contributed by atoms with Gasteiger partial charge in [0.1, 0.15) is 17.0 Å². The van der Waals surface area contributed by atoms with Crippen molar-refractivity contribution in [2.24, 2.45) is 11.7 Å². The lowest BCUT2D eigenvalue weighted by Gasteiger charge is -2.11. The summed E-state index contributed by atoms with van der Waals surface area (Å²) in [5.74, 6) is -0.662. The largest absolute Gasteiger partial charge is 0.494 e. The fourth-order valence-corrected chi connectivity index (χ4v) is 3.13. The number of fused-ring (bicyclic) bond motifs is 1. The monoisotopic (exact) mass is 479 g/mol. The van der Waals surface area contributed by atoms with Gasteiger partial charge in [-0.1, -0.05) is 13.8 Å². The number of hydrogen-bond donors (Lipinski definition) is 3. The SMILES string of the molecule is COc1ccc(-c2nc(C(=O)NCCNC(=O)C(C)C)c(CN)o2)c2ccc(C(F)(F)F)nc12. The van der Waals surface area contributed by atoms with E-state index in [-0.39, 0.29) is 60.1 Å². The van der Waals surface area contributed by atoms with Crippen LogP contribution in [0, 0.1) is 5.92 Å². The molecule has 9 nitrogen and oxygen atoms in total. The van der Waals surface area contributed by atoms with Crippen LogP contribution in [0.4, 0.5) is 13.2 Å². The second kappa shape index (κ2) is 10.1. The fourth-order valence-electron chi connectivity index (χ4n) is 3.13. The molecule has 4 N–H and O–H groups in total. The van der Waals surface area contributed by atoms with E-state index in [4.69, 9.17) is 14.9 Å². The Hall–Kier alpha value is -3.67. The molecule has 0 bridgehead atoms. The van der Waals surface area contributed by atoms with Gasteiger partial charge in [-0.3, -0.25) is 9.59 Å². The third-order valence-corrected chi connectivity index (χ3v) is 4.89. The molecule has 1 aromatic carbocycles. The van der Waals surface area contributed by atoms with Crippen molar-refractivity contribution >= 4 is 22.7 Å². The third-order valence-electron chi connectivity index (χ3n) is 4.89. The summed E-state index contributed by atoms with van der Waals surface area (Å²) in [6, 6.07) is 5.07. The number of alkyl halides is 3. The summed E-state index contributed by atoms with van der Waals surface area (Å²) in [6.07, 6.45) is -4.63. The highest BCUT2D eigenvalue weighted by atomic mass is 19.4. The van der Waals surface area contributed by atoms with Gasteiger partial charge in [0, 0.05) is 30.0 Å². The topological polar surface area (TPSA) is 132 Å². The minimum absolute atomic E-state index is 0.00655. The van der Waals surface area contributed by atoms with Crippen LogP contribution in [0.5, 0.6) is 5.75 Å². The Bertz CT molecular complexity index is 1210. The molecule has 0 fully saturated rings. The third kappa shape index (κ3) is 5.28. The standard InChI is InChI=1S/C22H24F3N5O4/c1-11(2)19(31)27-8-9-28-20(32)18-15(10-26)34-21(30-18)13-4-6-14(33-3)17-12(13)5-7-16(29-17)22(23,24)25/h4-7,11H,8-10,26H2,1-3H3,(H,27,31)(H,28,32). The molecular weight excluding hydrogens is 455 g/mol. The summed E-state index contributed by atoms with van der Waals surface area (Å²) in [4.78, 5) is 32.1. The van der Waals surface area contributed by atoms with Crippen molar-refractivity contribution in [2.75, 3.05) is 20.2 Å². The van der Waals surface area contributed by atoms with Crippen LogP contribution in [-0.4, -0.2) is 42.0 Å². The lowest BCUT2D eigenvalue weighted by Crippen LogP contribution is -2.36. The van der Waals surface area contributed by atoms with Gasteiger partial charge in [-0.05, 0) is 24.3 Å². The zero-order valence-electron chi connectivity index (χ0n) is 18.7. The summed E-state index contributed by atoms with van der Waals surface area (Å²) in [7, 11) is 1.32. The number of aromatic nitrogens is 2. The molecule has 34 heavy (non-hydrogen) atoms. The van der Waals surface area contributed by atoms with Crippen LogP contribution in [0.15, 0.2) is 28.7 Å². The van der Waals surface area contributed by atoms with E-state index in [0.717, 1.165) is 6.07 Å². The Morgan fingerprint density at radius 3 is 2.44 bits per heavy atom. The number of carbonyl (C=O) groups is 2. The van der Waals surface area contributed by atoms with Crippen LogP contribution >= 0.6 is 0 Å². The Morgan fingerprint density at radius 2 is 1.82 bits per heavy atom. The van der Waals surface area contributed by atoms with Gasteiger partial charge < -0.3 is 25.5 Å². The lowest BCUT2D eigenvalue weighted by atomic mass is 10.1. The molecule has 0 aliphatic rings. The van der Waals surface area contributed by atoms with Crippen LogP contribution < -0.4 is 21.1 Å². The fraction of sp³-hybridized carbons (Fsp3) is 0.364. The molecule has 0 aliphatic heterocycles. The first-order valence-corrected chi connectivity index (χ1v) is 10.4. The first kappa shape index (κ1) is 25.0. The van der Waals surface area contributed by atoms with Gasteiger partial charge in [-0.15, -0.1) is 0 Å². The Labute approximate surface area is 192 Å². The highest BCUT2D eigenvalue weighted by molar-refractivity contribution is 5.98. The molecule has 0 radical (unpaired) electrons. The molecular formula is C22H24F3N5O4. The van der Waals surface area contributed by atoms with Crippen molar-refractivity contribution in [1.82, 2.24) is 20.6 Å². The van der Waals surface area contributed by atoms with Crippen LogP contribution in [0.3, 0.4) is 0 Å². The minimum Gasteiger partial charge on any atom is -0.494 e. The van der Waals surface area contributed by atoms with E-state index >= 15 is 0 Å². The number of nitrogens with zero attached hydrogens (tertiary/aromatic N) is 2. The van der Waals surface area contributed by atoms with Crippen LogP contribution in [-0.2, 0) is 17.5 Å². The van der Waals surface area contributed by atoms with Crippen molar-refractivity contribution < 1.29 is 31.9 Å². The van der Waals surface area contributed by atoms with Gasteiger partial charge >= 0.3 is 6.18 Å². The normalized spacial score (nSPS) is 11.6. The lowest BCUT2D eigenvalue weighted by molar-refractivity contribution is -0.141. The first-order valence-electron chi connectivity index (χ1n) is 10.4. The predicted octanol–water partition coefficient (Wildman–Crippen LogP) is 2.88. The second-order valence-corrected chi connectivity index (χ2v) is 7.60. The summed E-state index contributed by atoms with van der Waals surface area (Å²) in [6.45, 7) is 3.74. The van der Waals surface area contributed by atoms with E-state index in [9.17, 15) is 22.8 Å². The van der Waals surface area contributed by atoms with Crippen LogP contribution in [0.2, 0.25) is 0 Å². The molecule has 182 valence electrons. The number of halogens is 3. The molecule has 0 unspecified atom stereocenters. The zero-order valence-corrected chi connectivity index (χ0v) is 18.7. The first-order chi connectivity index (χ1) is 16.1. The van der Waals surface area contributed by atoms with Crippen molar-refractivity contribution in [3.05, 3.63) is 41.4 Å². The predicted molar refractivity (Wildman–Crippen MR) is 117 cm³/mol. The number of methoxy groups -OCH3 is 1. The van der Waals surface area contributed by atoms with Crippen molar-refractivity contribution in [3.63, 3.8) is 0 Å². The van der Waals surface area contributed by atoms with Gasteiger partial charge in [-0.25, -0.2) is 9.97 Å². The molecule has 3 aromatic rings. The van der Waals surface area contributed by atoms with E-state index in [1.54, 1.807) is 19.9 Å². The van der Waals surface area contributed by atoms with Gasteiger partial charge in [0.05, 0.1) is 13.7 Å². The molecule has 2 amide bonds. The van der Waals surface area contributed by atoms with E-state index in [2.05, 4.69) is 20.6 Å². The molecule has 3 rings (SSSR count). The van der Waals surface area contributed by atoms with Crippen molar-refractivity contribution in [3.8, 4) is 17.2 Å². The molecule has 0 saturated heterocycles. The van der Waals surface area contributed by atoms with Crippen LogP contribution in [0.1, 0.15) is 35.8 Å². The summed E-state index contributed by atoms with van der Waals surface area (Å²) in [5.41, 5.74) is 4.85. The zero-order chi connectivity index (χ0) is 25.0. The molecule has 2 heterocycles. The molecule has 12 heteroatoms. The smallest absolute Gasteiger partial charge is 0.433 e. The number of benzene rings is 1. The number of pyridine rings is 1. The van der Waals surface area contributed by atoms with E-state index in [0.29, 0.717) is 10.9 Å². The number of rotatable bonds is 8. The quantitative estimate of drug-likeness (QED) is 0.423. The average molecular weight is 479 g/mol. The Kier molecular flexibility index (Phi) is 7.40. The maximum absolute atomic E-state index is 13.2. The maximum Gasteiger partial charge on any atom is 0.433 e. The van der Waals surface area contributed by atoms with Gasteiger partial charge in [-0.2, -0.15) is 13.2 Å². The Morgan fingerprint density at radius 1 is 1.12 bits per heavy atom. The highest BCUT2D eigenvalue weighted by Crippen LogP contribution is 2.36. The molecule has 2 aromatic heterocycles. The van der Waals surface area contributed by atoms with Gasteiger partial charge in [0.15, 0.2) is 11.5 Å². The van der Waals surface area contributed by atoms with Crippen molar-refractivity contribution in [1.29, 1.82) is 0 Å². The average Bonchev–Trinajstić information content (AvgIpc) is 3.24. The number of hydrogen-bond acceptors (Lipinski definition) is 7.